The molecule has 0 fully saturated rings. The van der Waals surface area contributed by atoms with Gasteiger partial charge in [0.2, 0.25) is 0 Å². The summed E-state index contributed by atoms with van der Waals surface area (Å²) in [6.45, 7) is 0.604. The number of benzene rings is 2. The van der Waals surface area contributed by atoms with Gasteiger partial charge in [0.1, 0.15) is 5.82 Å². The van der Waals surface area contributed by atoms with E-state index in [1.165, 1.54) is 5.56 Å². The summed E-state index contributed by atoms with van der Waals surface area (Å²) < 4.78 is 0. The van der Waals surface area contributed by atoms with Crippen molar-refractivity contribution in [3.05, 3.63) is 90.1 Å². The normalized spacial score (nSPS) is 10.2. The second kappa shape index (κ2) is 7.92. The molecule has 3 aromatic rings. The number of hydrogen-bond donors (Lipinski definition) is 2. The quantitative estimate of drug-likeness (QED) is 0.727. The number of amides is 1. The summed E-state index contributed by atoms with van der Waals surface area (Å²) in [6.07, 6.45) is 2.40. The highest BCUT2D eigenvalue weighted by Gasteiger charge is 2.05. The van der Waals surface area contributed by atoms with Crippen molar-refractivity contribution in [2.24, 2.45) is 0 Å². The van der Waals surface area contributed by atoms with E-state index >= 15 is 0 Å². The van der Waals surface area contributed by atoms with Gasteiger partial charge in [-0.05, 0) is 36.2 Å². The first-order valence-electron chi connectivity index (χ1n) is 7.91. The zero-order valence-electron chi connectivity index (χ0n) is 13.3. The van der Waals surface area contributed by atoms with Gasteiger partial charge < -0.3 is 10.6 Å². The number of aromatic nitrogens is 1. The van der Waals surface area contributed by atoms with Gasteiger partial charge >= 0.3 is 0 Å². The Balaban J connectivity index is 1.52. The van der Waals surface area contributed by atoms with Gasteiger partial charge in [0, 0.05) is 18.4 Å². The Hall–Kier alpha value is -3.14. The fourth-order valence-electron chi connectivity index (χ4n) is 2.34. The van der Waals surface area contributed by atoms with Crippen LogP contribution in [0.4, 0.5) is 11.5 Å². The van der Waals surface area contributed by atoms with Gasteiger partial charge in [0.25, 0.3) is 5.91 Å². The van der Waals surface area contributed by atoms with Gasteiger partial charge in [-0.1, -0.05) is 48.5 Å². The van der Waals surface area contributed by atoms with Crippen molar-refractivity contribution < 1.29 is 4.79 Å². The maximum atomic E-state index is 12.1. The van der Waals surface area contributed by atoms with E-state index in [9.17, 15) is 4.79 Å². The third-order valence-electron chi connectivity index (χ3n) is 3.61. The largest absolute Gasteiger partial charge is 0.352 e. The summed E-state index contributed by atoms with van der Waals surface area (Å²) >= 11 is 0. The van der Waals surface area contributed by atoms with Crippen LogP contribution in [-0.2, 0) is 6.42 Å². The first-order valence-corrected chi connectivity index (χ1v) is 7.91. The molecule has 2 aromatic carbocycles. The van der Waals surface area contributed by atoms with E-state index in [1.54, 1.807) is 18.3 Å². The number of hydrogen-bond acceptors (Lipinski definition) is 3. The SMILES string of the molecule is O=C(NCCc1ccccc1)c1ccc(Nc2ccccc2)nc1. The summed E-state index contributed by atoms with van der Waals surface area (Å²) in [7, 11) is 0. The van der Waals surface area contributed by atoms with Crippen LogP contribution < -0.4 is 10.6 Å². The molecule has 24 heavy (non-hydrogen) atoms. The van der Waals surface area contributed by atoms with Crippen molar-refractivity contribution in [2.45, 2.75) is 6.42 Å². The van der Waals surface area contributed by atoms with Gasteiger partial charge in [-0.25, -0.2) is 4.98 Å². The summed E-state index contributed by atoms with van der Waals surface area (Å²) in [6, 6.07) is 23.5. The van der Waals surface area contributed by atoms with Gasteiger partial charge in [-0.3, -0.25) is 4.79 Å². The Morgan fingerprint density at radius 1 is 0.875 bits per heavy atom. The molecule has 0 unspecified atom stereocenters. The molecule has 0 bridgehead atoms. The topological polar surface area (TPSA) is 54.0 Å². The van der Waals surface area contributed by atoms with Gasteiger partial charge in [0.05, 0.1) is 5.56 Å². The summed E-state index contributed by atoms with van der Waals surface area (Å²) in [5, 5.41) is 6.11. The first kappa shape index (κ1) is 15.7. The molecule has 4 heteroatoms. The van der Waals surface area contributed by atoms with Crippen LogP contribution in [0.3, 0.4) is 0 Å². The highest BCUT2D eigenvalue weighted by molar-refractivity contribution is 5.94. The van der Waals surface area contributed by atoms with Crippen LogP contribution in [-0.4, -0.2) is 17.4 Å². The summed E-state index contributed by atoms with van der Waals surface area (Å²) in [5.41, 5.74) is 2.73. The second-order valence-electron chi connectivity index (χ2n) is 5.41. The molecular weight excluding hydrogens is 298 g/mol. The van der Waals surface area contributed by atoms with E-state index in [1.807, 2.05) is 48.5 Å². The zero-order chi connectivity index (χ0) is 16.6. The predicted molar refractivity (Wildman–Crippen MR) is 96.4 cm³/mol. The molecule has 1 aromatic heterocycles. The fraction of sp³-hybridized carbons (Fsp3) is 0.100. The van der Waals surface area contributed by atoms with Gasteiger partial charge in [0.15, 0.2) is 0 Å². The Bertz CT molecular complexity index is 771. The third-order valence-corrected chi connectivity index (χ3v) is 3.61. The Morgan fingerprint density at radius 2 is 1.58 bits per heavy atom. The second-order valence-corrected chi connectivity index (χ2v) is 5.41. The number of nitrogens with one attached hydrogen (secondary N) is 2. The molecule has 0 aliphatic rings. The predicted octanol–water partition coefficient (Wildman–Crippen LogP) is 3.80. The molecule has 4 nitrogen and oxygen atoms in total. The number of carbonyl (C=O) groups is 1. The molecule has 2 N–H and O–H groups in total. The molecule has 1 amide bonds. The van der Waals surface area contributed by atoms with E-state index in [0.29, 0.717) is 17.9 Å². The number of carbonyl (C=O) groups excluding carboxylic acids is 1. The lowest BCUT2D eigenvalue weighted by Gasteiger charge is -2.07. The molecule has 0 aliphatic heterocycles. The molecular formula is C20H19N3O. The maximum Gasteiger partial charge on any atom is 0.252 e. The van der Waals surface area contributed by atoms with E-state index in [4.69, 9.17) is 0 Å². The van der Waals surface area contributed by atoms with E-state index in [-0.39, 0.29) is 5.91 Å². The number of rotatable bonds is 6. The highest BCUT2D eigenvalue weighted by Crippen LogP contribution is 2.13. The number of pyridine rings is 1. The summed E-state index contributed by atoms with van der Waals surface area (Å²) in [4.78, 5) is 16.4. The van der Waals surface area contributed by atoms with Crippen LogP contribution in [0.2, 0.25) is 0 Å². The first-order chi connectivity index (χ1) is 11.8. The Morgan fingerprint density at radius 3 is 2.25 bits per heavy atom. The Kier molecular flexibility index (Phi) is 5.20. The van der Waals surface area contributed by atoms with Crippen LogP contribution in [0.5, 0.6) is 0 Å². The van der Waals surface area contributed by atoms with Crippen molar-refractivity contribution in [3.63, 3.8) is 0 Å². The van der Waals surface area contributed by atoms with Crippen molar-refractivity contribution >= 4 is 17.4 Å². The van der Waals surface area contributed by atoms with Crippen LogP contribution in [0.25, 0.3) is 0 Å². The number of para-hydroxylation sites is 1. The lowest BCUT2D eigenvalue weighted by Crippen LogP contribution is -2.25. The molecule has 1 heterocycles. The standard InChI is InChI=1S/C20H19N3O/c24-20(21-14-13-16-7-3-1-4-8-16)17-11-12-19(22-15-17)23-18-9-5-2-6-10-18/h1-12,15H,13-14H2,(H,21,24)(H,22,23). The lowest BCUT2D eigenvalue weighted by molar-refractivity contribution is 0.0954. The monoisotopic (exact) mass is 317 g/mol. The molecule has 0 saturated heterocycles. The van der Waals surface area contributed by atoms with Gasteiger partial charge in [-0.15, -0.1) is 0 Å². The van der Waals surface area contributed by atoms with Crippen LogP contribution in [0.1, 0.15) is 15.9 Å². The lowest BCUT2D eigenvalue weighted by atomic mass is 10.1. The molecule has 0 aliphatic carbocycles. The van der Waals surface area contributed by atoms with Crippen LogP contribution in [0.15, 0.2) is 79.0 Å². The van der Waals surface area contributed by atoms with E-state index in [2.05, 4.69) is 27.8 Å². The van der Waals surface area contributed by atoms with Crippen molar-refractivity contribution in [1.82, 2.24) is 10.3 Å². The smallest absolute Gasteiger partial charge is 0.252 e. The Labute approximate surface area is 141 Å². The van der Waals surface area contributed by atoms with Crippen molar-refractivity contribution in [3.8, 4) is 0 Å². The van der Waals surface area contributed by atoms with E-state index in [0.717, 1.165) is 12.1 Å². The maximum absolute atomic E-state index is 12.1. The minimum absolute atomic E-state index is 0.107. The number of anilines is 2. The van der Waals surface area contributed by atoms with Crippen molar-refractivity contribution in [1.29, 1.82) is 0 Å². The average molecular weight is 317 g/mol. The fourth-order valence-corrected chi connectivity index (χ4v) is 2.34. The molecule has 0 atom stereocenters. The van der Waals surface area contributed by atoms with Crippen LogP contribution >= 0.6 is 0 Å². The highest BCUT2D eigenvalue weighted by atomic mass is 16.1. The third kappa shape index (κ3) is 4.43. The van der Waals surface area contributed by atoms with Crippen molar-refractivity contribution in [2.75, 3.05) is 11.9 Å². The zero-order valence-corrected chi connectivity index (χ0v) is 13.3. The van der Waals surface area contributed by atoms with Crippen LogP contribution in [0, 0.1) is 0 Å². The molecule has 3 rings (SSSR count). The van der Waals surface area contributed by atoms with Gasteiger partial charge in [-0.2, -0.15) is 0 Å². The molecule has 0 saturated carbocycles. The molecule has 0 spiro atoms. The van der Waals surface area contributed by atoms with E-state index < -0.39 is 0 Å². The minimum atomic E-state index is -0.107. The molecule has 0 radical (unpaired) electrons. The summed E-state index contributed by atoms with van der Waals surface area (Å²) in [5.74, 6) is 0.603. The average Bonchev–Trinajstić information content (AvgIpc) is 2.64. The number of nitrogens with zero attached hydrogens (tertiary/aromatic N) is 1. The molecule has 120 valence electrons. The minimum Gasteiger partial charge on any atom is -0.352 e.